The summed E-state index contributed by atoms with van der Waals surface area (Å²) >= 11 is 0. The van der Waals surface area contributed by atoms with Gasteiger partial charge in [0.25, 0.3) is 5.69 Å². The molecule has 0 aromatic heterocycles. The molecule has 14 heteroatoms. The van der Waals surface area contributed by atoms with Gasteiger partial charge >= 0.3 is 0 Å². The van der Waals surface area contributed by atoms with Crippen LogP contribution in [0, 0.1) is 17.0 Å². The Morgan fingerprint density at radius 2 is 1.71 bits per heavy atom. The molecule has 0 aliphatic rings. The molecule has 12 nitrogen and oxygen atoms in total. The number of anilines is 1. The topological polar surface area (TPSA) is 156 Å². The number of benzene rings is 2. The van der Waals surface area contributed by atoms with E-state index in [0.717, 1.165) is 20.9 Å². The van der Waals surface area contributed by atoms with Crippen LogP contribution in [0.5, 0.6) is 5.75 Å². The number of nitro benzene ring substituents is 1. The molecule has 0 aliphatic heterocycles. The summed E-state index contributed by atoms with van der Waals surface area (Å²) in [5.74, 6) is -0.243. The number of amides is 1. The van der Waals surface area contributed by atoms with Crippen molar-refractivity contribution in [3.05, 3.63) is 58.1 Å². The highest BCUT2D eigenvalue weighted by atomic mass is 32.2. The van der Waals surface area contributed by atoms with Gasteiger partial charge in [0.1, 0.15) is 18.4 Å². The number of non-ortho nitro benzene ring substituents is 1. The van der Waals surface area contributed by atoms with Gasteiger partial charge in [0.05, 0.1) is 28.3 Å². The molecular formula is C21H28N4O8S2. The molecule has 2 rings (SSSR count). The molecule has 0 fully saturated rings. The smallest absolute Gasteiger partial charge is 0.271 e. The van der Waals surface area contributed by atoms with E-state index in [1.165, 1.54) is 57.4 Å². The second-order valence-electron chi connectivity index (χ2n) is 7.86. The van der Waals surface area contributed by atoms with Crippen LogP contribution in [0.1, 0.15) is 12.5 Å². The molecule has 0 heterocycles. The number of carbonyl (C=O) groups excluding carboxylic acids is 1. The predicted octanol–water partition coefficient (Wildman–Crippen LogP) is 1.50. The van der Waals surface area contributed by atoms with E-state index < -0.39 is 36.9 Å². The third-order valence-electron chi connectivity index (χ3n) is 5.00. The summed E-state index contributed by atoms with van der Waals surface area (Å²) in [6, 6.07) is 8.36. The van der Waals surface area contributed by atoms with Gasteiger partial charge in [-0.2, -0.15) is 0 Å². The molecule has 2 aromatic carbocycles. The summed E-state index contributed by atoms with van der Waals surface area (Å²) in [5, 5.41) is 13.7. The van der Waals surface area contributed by atoms with Gasteiger partial charge in [-0.05, 0) is 43.7 Å². The number of nitrogens with zero attached hydrogens (tertiary/aromatic N) is 3. The fourth-order valence-electron chi connectivity index (χ4n) is 3.14. The van der Waals surface area contributed by atoms with Crippen LogP contribution in [0.25, 0.3) is 0 Å². The number of rotatable bonds is 11. The maximum Gasteiger partial charge on any atom is 0.271 e. The minimum Gasteiger partial charge on any atom is -0.492 e. The third-order valence-corrected chi connectivity index (χ3v) is 8.06. The van der Waals surface area contributed by atoms with E-state index in [-0.39, 0.29) is 29.4 Å². The first-order valence-electron chi connectivity index (χ1n) is 10.3. The average molecular weight is 529 g/mol. The maximum atomic E-state index is 12.7. The van der Waals surface area contributed by atoms with Gasteiger partial charge in [-0.1, -0.05) is 6.07 Å². The Hall–Kier alpha value is -3.23. The van der Waals surface area contributed by atoms with Crippen LogP contribution in [-0.4, -0.2) is 71.5 Å². The zero-order valence-corrected chi connectivity index (χ0v) is 21.6. The zero-order chi connectivity index (χ0) is 26.6. The molecule has 192 valence electrons. The number of aryl methyl sites for hydroxylation is 1. The molecule has 0 spiro atoms. The van der Waals surface area contributed by atoms with Gasteiger partial charge in [-0.3, -0.25) is 19.2 Å². The van der Waals surface area contributed by atoms with Crippen molar-refractivity contribution in [1.29, 1.82) is 0 Å². The van der Waals surface area contributed by atoms with E-state index in [9.17, 15) is 31.7 Å². The Bertz CT molecular complexity index is 1290. The number of hydrogen-bond donors (Lipinski definition) is 1. The lowest BCUT2D eigenvalue weighted by Gasteiger charge is -2.29. The van der Waals surface area contributed by atoms with E-state index in [4.69, 9.17) is 4.74 Å². The van der Waals surface area contributed by atoms with E-state index in [1.807, 2.05) is 0 Å². The summed E-state index contributed by atoms with van der Waals surface area (Å²) in [5.41, 5.74) is 0.182. The quantitative estimate of drug-likeness (QED) is 0.261. The molecule has 0 unspecified atom stereocenters. The number of nitrogens with one attached hydrogen (secondary N) is 1. The Kier molecular flexibility index (Phi) is 8.81. The lowest BCUT2D eigenvalue weighted by molar-refractivity contribution is -0.384. The van der Waals surface area contributed by atoms with Crippen molar-refractivity contribution in [2.24, 2.45) is 0 Å². The number of carbonyl (C=O) groups is 1. The van der Waals surface area contributed by atoms with Gasteiger partial charge in [0.2, 0.25) is 26.0 Å². The Morgan fingerprint density at radius 1 is 1.11 bits per heavy atom. The molecule has 1 atom stereocenters. The van der Waals surface area contributed by atoms with Crippen molar-refractivity contribution in [3.63, 3.8) is 0 Å². The number of hydrogen-bond acceptors (Lipinski definition) is 8. The maximum absolute atomic E-state index is 12.7. The molecule has 1 amide bonds. The van der Waals surface area contributed by atoms with Gasteiger partial charge in [0.15, 0.2) is 0 Å². The van der Waals surface area contributed by atoms with Gasteiger partial charge < -0.3 is 10.1 Å². The first-order chi connectivity index (χ1) is 16.2. The molecule has 0 aliphatic carbocycles. The van der Waals surface area contributed by atoms with Crippen LogP contribution in [-0.2, 0) is 24.8 Å². The van der Waals surface area contributed by atoms with E-state index in [0.29, 0.717) is 11.3 Å². The number of sulfonamides is 2. The highest BCUT2D eigenvalue weighted by molar-refractivity contribution is 7.92. The molecule has 0 saturated heterocycles. The highest BCUT2D eigenvalue weighted by Gasteiger charge is 2.31. The minimum atomic E-state index is -3.96. The van der Waals surface area contributed by atoms with E-state index in [2.05, 4.69) is 5.32 Å². The van der Waals surface area contributed by atoms with Crippen molar-refractivity contribution >= 4 is 37.3 Å². The second-order valence-corrected chi connectivity index (χ2v) is 11.9. The van der Waals surface area contributed by atoms with Crippen molar-refractivity contribution in [2.75, 3.05) is 37.8 Å². The molecule has 2 aromatic rings. The van der Waals surface area contributed by atoms with E-state index in [1.54, 1.807) is 6.92 Å². The number of ether oxygens (including phenoxy) is 1. The predicted molar refractivity (Wildman–Crippen MR) is 130 cm³/mol. The molecular weight excluding hydrogens is 500 g/mol. The molecule has 0 bridgehead atoms. The van der Waals surface area contributed by atoms with Crippen molar-refractivity contribution in [1.82, 2.24) is 9.62 Å². The second kappa shape index (κ2) is 11.0. The standard InChI is InChI=1S/C21H28N4O8S2/c1-15-6-7-17(25(27)28)14-20(15)24(34(5,29)30)16(2)21(26)22-12-13-33-18-8-10-19(11-9-18)35(31,32)23(3)4/h6-11,14,16H,12-13H2,1-5H3,(H,22,26)/t16-/m1/s1. The Labute approximate surface area is 204 Å². The largest absolute Gasteiger partial charge is 0.492 e. The van der Waals surface area contributed by atoms with Gasteiger partial charge in [-0.15, -0.1) is 0 Å². The summed E-state index contributed by atoms with van der Waals surface area (Å²) in [4.78, 5) is 23.3. The fraction of sp³-hybridized carbons (Fsp3) is 0.381. The summed E-state index contributed by atoms with van der Waals surface area (Å²) in [6.45, 7) is 3.03. The molecule has 0 radical (unpaired) electrons. The minimum absolute atomic E-state index is 0.0342. The third kappa shape index (κ3) is 6.90. The fourth-order valence-corrected chi connectivity index (χ4v) is 5.27. The summed E-state index contributed by atoms with van der Waals surface area (Å²) < 4.78 is 56.6. The highest BCUT2D eigenvalue weighted by Crippen LogP contribution is 2.29. The lowest BCUT2D eigenvalue weighted by Crippen LogP contribution is -2.48. The Balaban J connectivity index is 2.05. The normalized spacial score (nSPS) is 12.7. The number of nitro groups is 1. The first kappa shape index (κ1) is 28.0. The van der Waals surface area contributed by atoms with Crippen molar-refractivity contribution in [2.45, 2.75) is 24.8 Å². The lowest BCUT2D eigenvalue weighted by atomic mass is 10.1. The molecule has 1 N–H and O–H groups in total. The summed E-state index contributed by atoms with van der Waals surface area (Å²) in [7, 11) is -4.67. The van der Waals surface area contributed by atoms with Gasteiger partial charge in [-0.25, -0.2) is 21.1 Å². The van der Waals surface area contributed by atoms with Crippen molar-refractivity contribution < 1.29 is 31.3 Å². The van der Waals surface area contributed by atoms with Crippen LogP contribution in [0.15, 0.2) is 47.4 Å². The van der Waals surface area contributed by atoms with Crippen LogP contribution in [0.3, 0.4) is 0 Å². The van der Waals surface area contributed by atoms with Crippen LogP contribution < -0.4 is 14.4 Å². The van der Waals surface area contributed by atoms with Crippen LogP contribution in [0.2, 0.25) is 0 Å². The van der Waals surface area contributed by atoms with Crippen molar-refractivity contribution in [3.8, 4) is 5.75 Å². The Morgan fingerprint density at radius 3 is 2.23 bits per heavy atom. The van der Waals surface area contributed by atoms with Crippen LogP contribution >= 0.6 is 0 Å². The average Bonchev–Trinajstić information content (AvgIpc) is 2.77. The SMILES string of the molecule is Cc1ccc([N+](=O)[O-])cc1N([C@H](C)C(=O)NCCOc1ccc(S(=O)(=O)N(C)C)cc1)S(C)(=O)=O. The van der Waals surface area contributed by atoms with Gasteiger partial charge in [0, 0.05) is 26.2 Å². The van der Waals surface area contributed by atoms with Crippen LogP contribution in [0.4, 0.5) is 11.4 Å². The monoisotopic (exact) mass is 528 g/mol. The molecule has 35 heavy (non-hydrogen) atoms. The van der Waals surface area contributed by atoms with E-state index >= 15 is 0 Å². The zero-order valence-electron chi connectivity index (χ0n) is 20.0. The summed E-state index contributed by atoms with van der Waals surface area (Å²) in [6.07, 6.45) is 0.915. The first-order valence-corrected chi connectivity index (χ1v) is 13.6. The molecule has 0 saturated carbocycles.